The first kappa shape index (κ1) is 12.5. The zero-order valence-corrected chi connectivity index (χ0v) is 10.7. The molecule has 1 aromatic rings. The van der Waals surface area contributed by atoms with Gasteiger partial charge >= 0.3 is 0 Å². The van der Waals surface area contributed by atoms with Crippen LogP contribution in [-0.4, -0.2) is 40.6 Å². The van der Waals surface area contributed by atoms with Crippen LogP contribution in [-0.2, 0) is 4.74 Å². The largest absolute Gasteiger partial charge is 0.384 e. The Morgan fingerprint density at radius 1 is 1.80 bits per heavy atom. The molecule has 1 amide bonds. The number of rotatable bonds is 6. The van der Waals surface area contributed by atoms with E-state index in [1.165, 1.54) is 6.20 Å². The van der Waals surface area contributed by atoms with Crippen molar-refractivity contribution < 1.29 is 9.53 Å². The van der Waals surface area contributed by atoms with Gasteiger partial charge in [0.2, 0.25) is 0 Å². The number of nitrogens with zero attached hydrogens (tertiary/aromatic N) is 2. The second-order valence-corrected chi connectivity index (χ2v) is 4.96. The van der Waals surface area contributed by atoms with Crippen LogP contribution >= 0.6 is 27.5 Å². The number of carbonyl (C=O) groups is 1. The minimum absolute atomic E-state index is 0.123. The van der Waals surface area contributed by atoms with E-state index < -0.39 is 0 Å². The third-order valence-electron chi connectivity index (χ3n) is 1.68. The molecule has 1 N–H and O–H groups in total. The number of nitrogens with one attached hydrogen (secondary N) is 1. The van der Waals surface area contributed by atoms with E-state index in [1.54, 1.807) is 7.11 Å². The van der Waals surface area contributed by atoms with E-state index >= 15 is 0 Å². The summed E-state index contributed by atoms with van der Waals surface area (Å²) < 4.78 is 8.57. The minimum atomic E-state index is -0.123. The van der Waals surface area contributed by atoms with Crippen LogP contribution in [0.15, 0.2) is 6.20 Å². The Labute approximate surface area is 101 Å². The lowest BCUT2D eigenvalue weighted by atomic mass is 10.3. The molecule has 15 heavy (non-hydrogen) atoms. The van der Waals surface area contributed by atoms with Crippen molar-refractivity contribution in [3.05, 3.63) is 11.1 Å². The fourth-order valence-corrected chi connectivity index (χ4v) is 1.89. The highest BCUT2D eigenvalue weighted by atomic mass is 79.9. The number of methoxy groups -OCH3 is 1. The molecule has 0 saturated heterocycles. The molecule has 1 aromatic heterocycles. The van der Waals surface area contributed by atoms with Gasteiger partial charge in [0.25, 0.3) is 5.91 Å². The summed E-state index contributed by atoms with van der Waals surface area (Å²) in [6.45, 7) is 1.24. The van der Waals surface area contributed by atoms with Crippen molar-refractivity contribution >= 4 is 33.4 Å². The molecule has 0 fully saturated rings. The summed E-state index contributed by atoms with van der Waals surface area (Å²) in [5.74, 6) is -0.123. The molecule has 84 valence electrons. The van der Waals surface area contributed by atoms with Crippen LogP contribution in [0.2, 0.25) is 0 Å². The van der Waals surface area contributed by atoms with E-state index in [-0.39, 0.29) is 10.7 Å². The molecule has 1 atom stereocenters. The van der Waals surface area contributed by atoms with Gasteiger partial charge in [0, 0.05) is 18.5 Å². The summed E-state index contributed by atoms with van der Waals surface area (Å²) in [4.78, 5) is 12.2. The number of hydrogen-bond acceptors (Lipinski definition) is 5. The standard InChI is InChI=1S/C8H12BrN3O2S/c1-14-5-6(9)2-3-10-8(13)7-4-11-12-15-7/h4,6H,2-3,5H2,1H3,(H,10,13). The van der Waals surface area contributed by atoms with Gasteiger partial charge in [-0.15, -0.1) is 5.10 Å². The highest BCUT2D eigenvalue weighted by Crippen LogP contribution is 2.05. The van der Waals surface area contributed by atoms with Crippen molar-refractivity contribution in [2.45, 2.75) is 11.2 Å². The number of ether oxygens (including phenoxy) is 1. The maximum absolute atomic E-state index is 11.4. The van der Waals surface area contributed by atoms with Gasteiger partial charge < -0.3 is 10.1 Å². The Kier molecular flexibility index (Phi) is 5.74. The molecule has 0 spiro atoms. The molecule has 0 aliphatic rings. The first-order chi connectivity index (χ1) is 7.24. The maximum atomic E-state index is 11.4. The fraction of sp³-hybridized carbons (Fsp3) is 0.625. The van der Waals surface area contributed by atoms with Crippen molar-refractivity contribution in [1.82, 2.24) is 14.9 Å². The second-order valence-electron chi connectivity index (χ2n) is 2.88. The third-order valence-corrected chi connectivity index (χ3v) is 3.06. The molecule has 5 nitrogen and oxygen atoms in total. The molecule has 7 heteroatoms. The van der Waals surface area contributed by atoms with Crippen LogP contribution in [0.25, 0.3) is 0 Å². The van der Waals surface area contributed by atoms with Gasteiger partial charge in [-0.1, -0.05) is 20.4 Å². The molecule has 0 aromatic carbocycles. The van der Waals surface area contributed by atoms with Crippen LogP contribution in [0.3, 0.4) is 0 Å². The predicted molar refractivity (Wildman–Crippen MR) is 61.5 cm³/mol. The first-order valence-electron chi connectivity index (χ1n) is 4.42. The number of carbonyl (C=O) groups excluding carboxylic acids is 1. The summed E-state index contributed by atoms with van der Waals surface area (Å²) in [7, 11) is 1.65. The molecule has 0 aliphatic carbocycles. The van der Waals surface area contributed by atoms with Crippen LogP contribution in [0.4, 0.5) is 0 Å². The fourth-order valence-electron chi connectivity index (χ4n) is 0.961. The van der Waals surface area contributed by atoms with Crippen molar-refractivity contribution in [3.63, 3.8) is 0 Å². The maximum Gasteiger partial charge on any atom is 0.264 e. The Morgan fingerprint density at radius 2 is 2.60 bits per heavy atom. The molecule has 1 rings (SSSR count). The summed E-state index contributed by atoms with van der Waals surface area (Å²) >= 11 is 4.53. The number of halogens is 1. The van der Waals surface area contributed by atoms with Gasteiger partial charge in [-0.2, -0.15) is 0 Å². The van der Waals surface area contributed by atoms with Crippen LogP contribution < -0.4 is 5.32 Å². The Bertz CT molecular complexity index is 294. The molecular formula is C8H12BrN3O2S. The number of aromatic nitrogens is 2. The lowest BCUT2D eigenvalue weighted by Crippen LogP contribution is -2.26. The minimum Gasteiger partial charge on any atom is -0.384 e. The first-order valence-corrected chi connectivity index (χ1v) is 6.11. The molecule has 0 radical (unpaired) electrons. The van der Waals surface area contributed by atoms with Gasteiger partial charge in [-0.05, 0) is 18.0 Å². The summed E-state index contributed by atoms with van der Waals surface area (Å²) in [6.07, 6.45) is 2.28. The number of amides is 1. The predicted octanol–water partition coefficient (Wildman–Crippen LogP) is 1.07. The van der Waals surface area contributed by atoms with Crippen LogP contribution in [0.5, 0.6) is 0 Å². The molecule has 0 saturated carbocycles. The van der Waals surface area contributed by atoms with Crippen LogP contribution in [0, 0.1) is 0 Å². The van der Waals surface area contributed by atoms with Gasteiger partial charge in [-0.3, -0.25) is 4.79 Å². The average molecular weight is 294 g/mol. The van der Waals surface area contributed by atoms with E-state index in [1.807, 2.05) is 0 Å². The van der Waals surface area contributed by atoms with E-state index in [9.17, 15) is 4.79 Å². The lowest BCUT2D eigenvalue weighted by molar-refractivity contribution is 0.0956. The quantitative estimate of drug-likeness (QED) is 0.797. The Hall–Kier alpha value is -0.530. The Balaban J connectivity index is 2.18. The van der Waals surface area contributed by atoms with E-state index in [0.29, 0.717) is 18.0 Å². The number of hydrogen-bond donors (Lipinski definition) is 1. The topological polar surface area (TPSA) is 64.1 Å². The van der Waals surface area contributed by atoms with Gasteiger partial charge in [0.05, 0.1) is 12.8 Å². The zero-order chi connectivity index (χ0) is 11.1. The summed E-state index contributed by atoms with van der Waals surface area (Å²) in [5, 5.41) is 6.37. The third kappa shape index (κ3) is 4.67. The Morgan fingerprint density at radius 3 is 3.20 bits per heavy atom. The highest BCUT2D eigenvalue weighted by molar-refractivity contribution is 9.09. The average Bonchev–Trinajstić information content (AvgIpc) is 2.70. The number of alkyl halides is 1. The van der Waals surface area contributed by atoms with E-state index in [2.05, 4.69) is 30.8 Å². The molecule has 1 unspecified atom stereocenters. The lowest BCUT2D eigenvalue weighted by Gasteiger charge is -2.08. The SMILES string of the molecule is COCC(Br)CCNC(=O)c1cnns1. The van der Waals surface area contributed by atoms with Gasteiger partial charge in [0.1, 0.15) is 4.88 Å². The van der Waals surface area contributed by atoms with Crippen molar-refractivity contribution in [2.75, 3.05) is 20.3 Å². The summed E-state index contributed by atoms with van der Waals surface area (Å²) in [5.41, 5.74) is 0. The van der Waals surface area contributed by atoms with E-state index in [0.717, 1.165) is 18.0 Å². The van der Waals surface area contributed by atoms with Crippen LogP contribution in [0.1, 0.15) is 16.1 Å². The highest BCUT2D eigenvalue weighted by Gasteiger charge is 2.08. The monoisotopic (exact) mass is 293 g/mol. The van der Waals surface area contributed by atoms with Crippen molar-refractivity contribution in [2.24, 2.45) is 0 Å². The zero-order valence-electron chi connectivity index (χ0n) is 8.27. The molecule has 0 aliphatic heterocycles. The molecule has 0 bridgehead atoms. The summed E-state index contributed by atoms with van der Waals surface area (Å²) in [6, 6.07) is 0. The smallest absolute Gasteiger partial charge is 0.264 e. The second kappa shape index (κ2) is 6.86. The van der Waals surface area contributed by atoms with Crippen molar-refractivity contribution in [3.8, 4) is 0 Å². The molecule has 1 heterocycles. The normalized spacial score (nSPS) is 12.4. The van der Waals surface area contributed by atoms with Gasteiger partial charge in [-0.25, -0.2) is 0 Å². The molecular weight excluding hydrogens is 282 g/mol. The van der Waals surface area contributed by atoms with E-state index in [4.69, 9.17) is 4.74 Å². The van der Waals surface area contributed by atoms with Crippen molar-refractivity contribution in [1.29, 1.82) is 0 Å². The van der Waals surface area contributed by atoms with Gasteiger partial charge in [0.15, 0.2) is 0 Å².